The van der Waals surface area contributed by atoms with Crippen LogP contribution in [0.25, 0.3) is 11.3 Å². The van der Waals surface area contributed by atoms with E-state index in [4.69, 9.17) is 16.6 Å². The SMILES string of the molecule is CNc1ncccc1CN1CCCC(c2cncc(-c3cccc(Cl)c3)n2)C1. The Morgan fingerprint density at radius 1 is 1.21 bits per heavy atom. The van der Waals surface area contributed by atoms with Gasteiger partial charge >= 0.3 is 0 Å². The first-order chi connectivity index (χ1) is 13.7. The topological polar surface area (TPSA) is 53.9 Å². The van der Waals surface area contributed by atoms with Crippen molar-refractivity contribution in [2.75, 3.05) is 25.5 Å². The van der Waals surface area contributed by atoms with Gasteiger partial charge in [0.25, 0.3) is 0 Å². The van der Waals surface area contributed by atoms with Gasteiger partial charge in [-0.1, -0.05) is 29.8 Å². The molecule has 144 valence electrons. The third-order valence-corrected chi connectivity index (χ3v) is 5.45. The molecule has 1 saturated heterocycles. The van der Waals surface area contributed by atoms with Crippen LogP contribution in [-0.4, -0.2) is 40.0 Å². The summed E-state index contributed by atoms with van der Waals surface area (Å²) in [5.41, 5.74) is 4.16. The molecule has 1 aliphatic heterocycles. The fourth-order valence-corrected chi connectivity index (χ4v) is 4.03. The molecule has 3 heterocycles. The van der Waals surface area contributed by atoms with Gasteiger partial charge in [0.1, 0.15) is 5.82 Å². The van der Waals surface area contributed by atoms with E-state index in [2.05, 4.69) is 26.3 Å². The van der Waals surface area contributed by atoms with Crippen LogP contribution in [0.4, 0.5) is 5.82 Å². The summed E-state index contributed by atoms with van der Waals surface area (Å²) in [4.78, 5) is 16.3. The van der Waals surface area contributed by atoms with Crippen molar-refractivity contribution in [1.29, 1.82) is 0 Å². The largest absolute Gasteiger partial charge is 0.373 e. The number of nitrogens with one attached hydrogen (secondary N) is 1. The van der Waals surface area contributed by atoms with E-state index in [1.54, 1.807) is 0 Å². The summed E-state index contributed by atoms with van der Waals surface area (Å²) >= 11 is 6.14. The van der Waals surface area contributed by atoms with E-state index in [1.165, 1.54) is 5.56 Å². The molecule has 0 spiro atoms. The van der Waals surface area contributed by atoms with Crippen molar-refractivity contribution in [3.63, 3.8) is 0 Å². The van der Waals surface area contributed by atoms with E-state index >= 15 is 0 Å². The Morgan fingerprint density at radius 3 is 3.00 bits per heavy atom. The summed E-state index contributed by atoms with van der Waals surface area (Å²) in [6.07, 6.45) is 7.83. The van der Waals surface area contributed by atoms with E-state index in [0.717, 1.165) is 55.2 Å². The second-order valence-electron chi connectivity index (χ2n) is 7.17. The summed E-state index contributed by atoms with van der Waals surface area (Å²) < 4.78 is 0. The summed E-state index contributed by atoms with van der Waals surface area (Å²) in [5, 5.41) is 3.90. The number of nitrogens with zero attached hydrogens (tertiary/aromatic N) is 4. The number of aromatic nitrogens is 3. The van der Waals surface area contributed by atoms with Gasteiger partial charge < -0.3 is 5.32 Å². The maximum atomic E-state index is 6.14. The smallest absolute Gasteiger partial charge is 0.130 e. The number of piperidine rings is 1. The van der Waals surface area contributed by atoms with Crippen molar-refractivity contribution in [2.45, 2.75) is 25.3 Å². The van der Waals surface area contributed by atoms with Crippen LogP contribution < -0.4 is 5.32 Å². The van der Waals surface area contributed by atoms with Crippen LogP contribution in [-0.2, 0) is 6.54 Å². The van der Waals surface area contributed by atoms with Gasteiger partial charge in [-0.3, -0.25) is 9.88 Å². The van der Waals surface area contributed by atoms with Crippen LogP contribution in [0.3, 0.4) is 0 Å². The van der Waals surface area contributed by atoms with Crippen molar-refractivity contribution in [3.8, 4) is 11.3 Å². The highest BCUT2D eigenvalue weighted by atomic mass is 35.5. The lowest BCUT2D eigenvalue weighted by molar-refractivity contribution is 0.198. The Labute approximate surface area is 170 Å². The fourth-order valence-electron chi connectivity index (χ4n) is 3.84. The zero-order chi connectivity index (χ0) is 19.3. The molecular weight excluding hydrogens is 370 g/mol. The molecule has 4 rings (SSSR count). The molecule has 0 bridgehead atoms. The number of rotatable bonds is 5. The van der Waals surface area contributed by atoms with E-state index in [1.807, 2.05) is 56.0 Å². The normalized spacial score (nSPS) is 17.4. The first-order valence-corrected chi connectivity index (χ1v) is 10.0. The van der Waals surface area contributed by atoms with Crippen LogP contribution in [0.15, 0.2) is 55.0 Å². The number of halogens is 1. The molecule has 3 aromatic rings. The van der Waals surface area contributed by atoms with Gasteiger partial charge in [0.2, 0.25) is 0 Å². The molecule has 1 aliphatic rings. The number of benzene rings is 1. The number of hydrogen-bond donors (Lipinski definition) is 1. The number of hydrogen-bond acceptors (Lipinski definition) is 5. The predicted octanol–water partition coefficient (Wildman–Crippen LogP) is 4.61. The van der Waals surface area contributed by atoms with Crippen molar-refractivity contribution >= 4 is 17.4 Å². The fraction of sp³-hybridized carbons (Fsp3) is 0.318. The third kappa shape index (κ3) is 4.32. The van der Waals surface area contributed by atoms with Crippen LogP contribution >= 0.6 is 11.6 Å². The Morgan fingerprint density at radius 2 is 2.14 bits per heavy atom. The highest BCUT2D eigenvalue weighted by Crippen LogP contribution is 2.29. The van der Waals surface area contributed by atoms with Gasteiger partial charge in [-0.15, -0.1) is 0 Å². The van der Waals surface area contributed by atoms with Crippen molar-refractivity contribution in [2.24, 2.45) is 0 Å². The average Bonchev–Trinajstić information content (AvgIpc) is 2.74. The zero-order valence-electron chi connectivity index (χ0n) is 16.0. The molecule has 1 N–H and O–H groups in total. The quantitative estimate of drug-likeness (QED) is 0.685. The van der Waals surface area contributed by atoms with Gasteiger partial charge in [0.15, 0.2) is 0 Å². The van der Waals surface area contributed by atoms with Crippen LogP contribution in [0.5, 0.6) is 0 Å². The van der Waals surface area contributed by atoms with Crippen LogP contribution in [0.1, 0.15) is 30.0 Å². The molecule has 2 aromatic heterocycles. The Balaban J connectivity index is 1.51. The number of anilines is 1. The molecule has 6 heteroatoms. The van der Waals surface area contributed by atoms with Crippen molar-refractivity contribution in [3.05, 3.63) is 71.3 Å². The minimum atomic E-state index is 0.384. The molecule has 0 amide bonds. The Kier molecular flexibility index (Phi) is 5.84. The molecular formula is C22H24ClN5. The number of likely N-dealkylation sites (tertiary alicyclic amines) is 1. The number of pyridine rings is 1. The summed E-state index contributed by atoms with van der Waals surface area (Å²) in [5.74, 6) is 1.34. The van der Waals surface area contributed by atoms with E-state index < -0.39 is 0 Å². The molecule has 0 aliphatic carbocycles. The maximum Gasteiger partial charge on any atom is 0.130 e. The van der Waals surface area contributed by atoms with E-state index in [9.17, 15) is 0 Å². The zero-order valence-corrected chi connectivity index (χ0v) is 16.7. The molecule has 1 aromatic carbocycles. The predicted molar refractivity (Wildman–Crippen MR) is 114 cm³/mol. The summed E-state index contributed by atoms with van der Waals surface area (Å²) in [6, 6.07) is 11.9. The lowest BCUT2D eigenvalue weighted by Crippen LogP contribution is -2.34. The van der Waals surface area contributed by atoms with Crippen LogP contribution in [0, 0.1) is 0 Å². The Bertz CT molecular complexity index is 945. The molecule has 28 heavy (non-hydrogen) atoms. The maximum absolute atomic E-state index is 6.14. The molecule has 5 nitrogen and oxygen atoms in total. The molecule has 1 fully saturated rings. The van der Waals surface area contributed by atoms with E-state index in [0.29, 0.717) is 10.9 Å². The lowest BCUT2D eigenvalue weighted by Gasteiger charge is -2.32. The molecule has 1 unspecified atom stereocenters. The van der Waals surface area contributed by atoms with Crippen LogP contribution in [0.2, 0.25) is 5.02 Å². The van der Waals surface area contributed by atoms with Gasteiger partial charge in [-0.2, -0.15) is 0 Å². The minimum absolute atomic E-state index is 0.384. The van der Waals surface area contributed by atoms with Crippen molar-refractivity contribution in [1.82, 2.24) is 19.9 Å². The lowest BCUT2D eigenvalue weighted by atomic mass is 9.94. The molecule has 0 radical (unpaired) electrons. The minimum Gasteiger partial charge on any atom is -0.373 e. The second-order valence-corrected chi connectivity index (χ2v) is 7.61. The monoisotopic (exact) mass is 393 g/mol. The summed E-state index contributed by atoms with van der Waals surface area (Å²) in [7, 11) is 1.92. The van der Waals surface area contributed by atoms with Crippen molar-refractivity contribution < 1.29 is 0 Å². The summed E-state index contributed by atoms with van der Waals surface area (Å²) in [6.45, 7) is 2.96. The van der Waals surface area contributed by atoms with Gasteiger partial charge in [-0.05, 0) is 37.6 Å². The third-order valence-electron chi connectivity index (χ3n) is 5.22. The van der Waals surface area contributed by atoms with Gasteiger partial charge in [0.05, 0.1) is 17.6 Å². The van der Waals surface area contributed by atoms with Gasteiger partial charge in [0, 0.05) is 54.6 Å². The highest BCUT2D eigenvalue weighted by molar-refractivity contribution is 6.30. The van der Waals surface area contributed by atoms with E-state index in [-0.39, 0.29) is 0 Å². The second kappa shape index (κ2) is 8.67. The molecule has 0 saturated carbocycles. The van der Waals surface area contributed by atoms with Gasteiger partial charge in [-0.25, -0.2) is 9.97 Å². The Hall–Kier alpha value is -2.50. The first kappa shape index (κ1) is 18.8. The first-order valence-electron chi connectivity index (χ1n) is 9.65. The molecule has 1 atom stereocenters. The standard InChI is InChI=1S/C22H24ClN5/c1-24-22-18(6-3-9-26-22)15-28-10-4-7-17(14-28)21-13-25-12-20(27-21)16-5-2-8-19(23)11-16/h2-3,5-6,8-9,11-13,17H,4,7,10,14-15H2,1H3,(H,24,26). The highest BCUT2D eigenvalue weighted by Gasteiger charge is 2.23. The average molecular weight is 394 g/mol.